The smallest absolute Gasteiger partial charge is 0.419 e. The second kappa shape index (κ2) is 5.99. The lowest BCUT2D eigenvalue weighted by molar-refractivity contribution is -0.139. The van der Waals surface area contributed by atoms with Crippen molar-refractivity contribution in [2.45, 2.75) is 19.6 Å². The molecule has 0 saturated heterocycles. The topological polar surface area (TPSA) is 44.1 Å². The van der Waals surface area contributed by atoms with Gasteiger partial charge in [0.2, 0.25) is 0 Å². The Labute approximate surface area is 119 Å². The normalized spacial score (nSPS) is 11.4. The van der Waals surface area contributed by atoms with E-state index in [2.05, 4.69) is 4.98 Å². The Morgan fingerprint density at radius 1 is 1.38 bits per heavy atom. The van der Waals surface area contributed by atoms with E-state index in [1.807, 2.05) is 0 Å². The van der Waals surface area contributed by atoms with Gasteiger partial charge in [0.05, 0.1) is 12.1 Å². The Morgan fingerprint density at radius 3 is 2.71 bits per heavy atom. The number of aldehydes is 1. The maximum absolute atomic E-state index is 12.9. The summed E-state index contributed by atoms with van der Waals surface area (Å²) in [6.07, 6.45) is -0.874. The van der Waals surface area contributed by atoms with Crippen LogP contribution >= 0.6 is 0 Å². The number of imidazole rings is 1. The number of carbonyl (C=O) groups excluding carboxylic acids is 1. The Morgan fingerprint density at radius 2 is 2.14 bits per heavy atom. The Hall–Kier alpha value is -2.31. The number of ether oxygens (including phenoxy) is 1. The first-order chi connectivity index (χ1) is 9.91. The molecule has 0 N–H and O–H groups in total. The van der Waals surface area contributed by atoms with Gasteiger partial charge in [-0.05, 0) is 25.1 Å². The quantitative estimate of drug-likeness (QED) is 0.797. The first-order valence-corrected chi connectivity index (χ1v) is 6.19. The van der Waals surface area contributed by atoms with E-state index < -0.39 is 11.7 Å². The summed E-state index contributed by atoms with van der Waals surface area (Å²) in [6, 6.07) is 3.23. The highest BCUT2D eigenvalue weighted by Crippen LogP contribution is 2.36. The van der Waals surface area contributed by atoms with E-state index in [1.165, 1.54) is 6.07 Å². The second-order valence-electron chi connectivity index (χ2n) is 4.39. The molecule has 0 fully saturated rings. The maximum Gasteiger partial charge on any atom is 0.419 e. The van der Waals surface area contributed by atoms with E-state index in [0.717, 1.165) is 18.0 Å². The predicted octanol–water partition coefficient (Wildman–Crippen LogP) is 3.10. The molecule has 0 atom stereocenters. The molecule has 7 heteroatoms. The number of alkyl halides is 3. The molecule has 2 rings (SSSR count). The van der Waals surface area contributed by atoms with E-state index in [-0.39, 0.29) is 17.9 Å². The third kappa shape index (κ3) is 3.62. The zero-order valence-electron chi connectivity index (χ0n) is 11.2. The van der Waals surface area contributed by atoms with Crippen LogP contribution in [-0.4, -0.2) is 22.4 Å². The Bertz CT molecular complexity index is 635. The number of hydrogen-bond donors (Lipinski definition) is 0. The van der Waals surface area contributed by atoms with Crippen LogP contribution in [0, 0.1) is 6.92 Å². The standard InChI is InChI=1S/C14H13F3N2O2/c1-10-18-4-5-19(10)6-7-21-13-3-2-11(9-20)8-12(13)14(15,16)17/h2-5,8-9H,6-7H2,1H3. The first-order valence-electron chi connectivity index (χ1n) is 6.19. The van der Waals surface area contributed by atoms with Crippen molar-refractivity contribution < 1.29 is 22.7 Å². The molecule has 0 amide bonds. The number of nitrogens with zero attached hydrogens (tertiary/aromatic N) is 2. The molecule has 0 spiro atoms. The molecule has 0 aliphatic rings. The monoisotopic (exact) mass is 298 g/mol. The highest BCUT2D eigenvalue weighted by atomic mass is 19.4. The largest absolute Gasteiger partial charge is 0.491 e. The molecule has 0 saturated carbocycles. The van der Waals surface area contributed by atoms with Gasteiger partial charge in [0.15, 0.2) is 0 Å². The molecule has 21 heavy (non-hydrogen) atoms. The summed E-state index contributed by atoms with van der Waals surface area (Å²) in [5.41, 5.74) is -0.991. The number of aromatic nitrogens is 2. The number of benzene rings is 1. The minimum atomic E-state index is -4.57. The summed E-state index contributed by atoms with van der Waals surface area (Å²) in [5, 5.41) is 0. The van der Waals surface area contributed by atoms with Gasteiger partial charge >= 0.3 is 6.18 Å². The van der Waals surface area contributed by atoms with Crippen LogP contribution in [0.15, 0.2) is 30.6 Å². The van der Waals surface area contributed by atoms with Crippen LogP contribution in [0.1, 0.15) is 21.7 Å². The molecular formula is C14H13F3N2O2. The Kier molecular flexibility index (Phi) is 4.30. The van der Waals surface area contributed by atoms with E-state index in [1.54, 1.807) is 23.9 Å². The van der Waals surface area contributed by atoms with Crippen LogP contribution in [0.4, 0.5) is 13.2 Å². The van der Waals surface area contributed by atoms with E-state index in [9.17, 15) is 18.0 Å². The van der Waals surface area contributed by atoms with E-state index >= 15 is 0 Å². The average molecular weight is 298 g/mol. The lowest BCUT2D eigenvalue weighted by atomic mass is 10.1. The van der Waals surface area contributed by atoms with Crippen molar-refractivity contribution in [2.75, 3.05) is 6.61 Å². The summed E-state index contributed by atoms with van der Waals surface area (Å²) in [6.45, 7) is 2.25. The van der Waals surface area contributed by atoms with Gasteiger partial charge < -0.3 is 9.30 Å². The summed E-state index contributed by atoms with van der Waals surface area (Å²) in [4.78, 5) is 14.6. The van der Waals surface area contributed by atoms with Crippen molar-refractivity contribution >= 4 is 6.29 Å². The van der Waals surface area contributed by atoms with Crippen LogP contribution in [0.2, 0.25) is 0 Å². The third-order valence-electron chi connectivity index (χ3n) is 2.96. The van der Waals surface area contributed by atoms with Crippen molar-refractivity contribution in [3.63, 3.8) is 0 Å². The first kappa shape index (κ1) is 15.1. The van der Waals surface area contributed by atoms with E-state index in [4.69, 9.17) is 4.74 Å². The van der Waals surface area contributed by atoms with Gasteiger partial charge in [-0.3, -0.25) is 4.79 Å². The SMILES string of the molecule is Cc1nccn1CCOc1ccc(C=O)cc1C(F)(F)F. The molecule has 1 aromatic heterocycles. The zero-order valence-corrected chi connectivity index (χ0v) is 11.2. The molecule has 0 aliphatic heterocycles. The lowest BCUT2D eigenvalue weighted by Gasteiger charge is -2.15. The summed E-state index contributed by atoms with van der Waals surface area (Å²) in [5.74, 6) is 0.469. The fourth-order valence-electron chi connectivity index (χ4n) is 1.86. The van der Waals surface area contributed by atoms with Gasteiger partial charge in [-0.25, -0.2) is 4.98 Å². The number of rotatable bonds is 5. The van der Waals surface area contributed by atoms with Gasteiger partial charge in [0, 0.05) is 18.0 Å². The number of hydrogen-bond acceptors (Lipinski definition) is 3. The molecule has 0 aliphatic carbocycles. The van der Waals surface area contributed by atoms with Crippen molar-refractivity contribution in [2.24, 2.45) is 0 Å². The van der Waals surface area contributed by atoms with Crippen LogP contribution in [0.3, 0.4) is 0 Å². The number of aryl methyl sites for hydroxylation is 1. The second-order valence-corrected chi connectivity index (χ2v) is 4.39. The van der Waals surface area contributed by atoms with Gasteiger partial charge in [-0.2, -0.15) is 13.2 Å². The van der Waals surface area contributed by atoms with Crippen LogP contribution < -0.4 is 4.74 Å². The van der Waals surface area contributed by atoms with Gasteiger partial charge in [-0.15, -0.1) is 0 Å². The fraction of sp³-hybridized carbons (Fsp3) is 0.286. The van der Waals surface area contributed by atoms with Crippen molar-refractivity contribution in [3.8, 4) is 5.75 Å². The van der Waals surface area contributed by atoms with Gasteiger partial charge in [0.1, 0.15) is 24.5 Å². The van der Waals surface area contributed by atoms with E-state index in [0.29, 0.717) is 12.8 Å². The molecule has 0 radical (unpaired) electrons. The molecule has 0 unspecified atom stereocenters. The fourth-order valence-corrected chi connectivity index (χ4v) is 1.86. The molecule has 2 aromatic rings. The minimum absolute atomic E-state index is 0.0415. The minimum Gasteiger partial charge on any atom is -0.491 e. The average Bonchev–Trinajstić information content (AvgIpc) is 2.83. The molecular weight excluding hydrogens is 285 g/mol. The van der Waals surface area contributed by atoms with Crippen LogP contribution in [0.5, 0.6) is 5.75 Å². The highest BCUT2D eigenvalue weighted by Gasteiger charge is 2.34. The third-order valence-corrected chi connectivity index (χ3v) is 2.96. The summed E-state index contributed by atoms with van der Waals surface area (Å²) in [7, 11) is 0. The van der Waals surface area contributed by atoms with Gasteiger partial charge in [0.25, 0.3) is 0 Å². The summed E-state index contributed by atoms with van der Waals surface area (Å²) < 4.78 is 45.7. The molecule has 1 aromatic carbocycles. The summed E-state index contributed by atoms with van der Waals surface area (Å²) >= 11 is 0. The number of carbonyl (C=O) groups is 1. The predicted molar refractivity (Wildman–Crippen MR) is 69.3 cm³/mol. The zero-order chi connectivity index (χ0) is 15.5. The Balaban J connectivity index is 2.12. The highest BCUT2D eigenvalue weighted by molar-refractivity contribution is 5.75. The van der Waals surface area contributed by atoms with Crippen molar-refractivity contribution in [1.82, 2.24) is 9.55 Å². The maximum atomic E-state index is 12.9. The lowest BCUT2D eigenvalue weighted by Crippen LogP contribution is -2.13. The number of halogens is 3. The molecule has 0 bridgehead atoms. The molecule has 1 heterocycles. The van der Waals surface area contributed by atoms with Crippen molar-refractivity contribution in [1.29, 1.82) is 0 Å². The van der Waals surface area contributed by atoms with Gasteiger partial charge in [-0.1, -0.05) is 0 Å². The molecule has 112 valence electrons. The molecule has 4 nitrogen and oxygen atoms in total. The van der Waals surface area contributed by atoms with Crippen LogP contribution in [0.25, 0.3) is 0 Å². The van der Waals surface area contributed by atoms with Crippen molar-refractivity contribution in [3.05, 3.63) is 47.5 Å². The van der Waals surface area contributed by atoms with Crippen LogP contribution in [-0.2, 0) is 12.7 Å².